The summed E-state index contributed by atoms with van der Waals surface area (Å²) in [5.74, 6) is 1.46. The van der Waals surface area contributed by atoms with Crippen LogP contribution >= 0.6 is 11.6 Å². The summed E-state index contributed by atoms with van der Waals surface area (Å²) in [6, 6.07) is 7.61. The topological polar surface area (TPSA) is 47.3 Å². The first-order valence-corrected chi connectivity index (χ1v) is 6.67. The number of rotatable bonds is 2. The molecule has 100 valence electrons. The van der Waals surface area contributed by atoms with Crippen molar-refractivity contribution in [2.24, 2.45) is 0 Å². The number of hydrogen-bond donors (Lipinski definition) is 1. The first kappa shape index (κ1) is 12.5. The summed E-state index contributed by atoms with van der Waals surface area (Å²) in [6.45, 7) is 0. The van der Waals surface area contributed by atoms with E-state index in [-0.39, 0.29) is 0 Å². The molecule has 0 saturated carbocycles. The number of nitrogens with zero attached hydrogens (tertiary/aromatic N) is 2. The number of ether oxygens (including phenoxy) is 1. The molecule has 5 heteroatoms. The van der Waals surface area contributed by atoms with Gasteiger partial charge >= 0.3 is 0 Å². The van der Waals surface area contributed by atoms with Crippen molar-refractivity contribution in [1.82, 2.24) is 9.55 Å². The number of imidazole rings is 1. The van der Waals surface area contributed by atoms with Crippen LogP contribution in [0.1, 0.15) is 24.8 Å². The van der Waals surface area contributed by atoms with Gasteiger partial charge in [-0.3, -0.25) is 0 Å². The van der Waals surface area contributed by atoms with Crippen LogP contribution in [0, 0.1) is 0 Å². The van der Waals surface area contributed by atoms with Gasteiger partial charge in [0.05, 0.1) is 12.8 Å². The maximum atomic E-state index is 10.2. The van der Waals surface area contributed by atoms with Crippen LogP contribution in [-0.4, -0.2) is 21.8 Å². The van der Waals surface area contributed by atoms with E-state index in [0.717, 1.165) is 36.3 Å². The number of hydrogen-bond acceptors (Lipinski definition) is 3. The Morgan fingerprint density at radius 2 is 2.32 bits per heavy atom. The summed E-state index contributed by atoms with van der Waals surface area (Å²) in [6.07, 6.45) is 1.97. The molecular weight excluding hydrogens is 264 g/mol. The molecule has 1 aromatic carbocycles. The average molecular weight is 279 g/mol. The Kier molecular flexibility index (Phi) is 3.21. The van der Waals surface area contributed by atoms with E-state index in [2.05, 4.69) is 4.98 Å². The van der Waals surface area contributed by atoms with Gasteiger partial charge in [-0.05, 0) is 31.4 Å². The fourth-order valence-electron chi connectivity index (χ4n) is 2.53. The fourth-order valence-corrected chi connectivity index (χ4v) is 2.80. The monoisotopic (exact) mass is 278 g/mol. The molecule has 0 aliphatic carbocycles. The van der Waals surface area contributed by atoms with Crippen LogP contribution < -0.4 is 4.74 Å². The van der Waals surface area contributed by atoms with Crippen LogP contribution in [0.25, 0.3) is 11.4 Å². The van der Waals surface area contributed by atoms with E-state index >= 15 is 0 Å². The average Bonchev–Trinajstić information content (AvgIpc) is 2.78. The highest BCUT2D eigenvalue weighted by atomic mass is 35.5. The lowest BCUT2D eigenvalue weighted by molar-refractivity contribution is 0.0807. The molecule has 1 unspecified atom stereocenters. The van der Waals surface area contributed by atoms with E-state index in [0.29, 0.717) is 11.0 Å². The number of aliphatic hydroxyl groups excluding tert-OH is 1. The van der Waals surface area contributed by atoms with Crippen molar-refractivity contribution < 1.29 is 9.84 Å². The maximum Gasteiger partial charge on any atom is 0.151 e. The van der Waals surface area contributed by atoms with Crippen LogP contribution in [0.4, 0.5) is 0 Å². The Morgan fingerprint density at radius 3 is 3.11 bits per heavy atom. The van der Waals surface area contributed by atoms with Gasteiger partial charge in [-0.1, -0.05) is 23.7 Å². The third kappa shape index (κ3) is 2.11. The molecule has 1 N–H and O–H groups in total. The van der Waals surface area contributed by atoms with E-state index in [1.807, 2.05) is 28.8 Å². The molecular formula is C14H15ClN2O2. The Morgan fingerprint density at radius 1 is 1.47 bits per heavy atom. The van der Waals surface area contributed by atoms with Gasteiger partial charge in [0.25, 0.3) is 0 Å². The summed E-state index contributed by atoms with van der Waals surface area (Å²) in [5, 5.41) is 10.7. The SMILES string of the molecule is COc1cccc(-c2nc(Cl)c3n2C(O)CCC3)c1. The molecule has 2 aromatic rings. The van der Waals surface area contributed by atoms with Gasteiger partial charge in [-0.15, -0.1) is 0 Å². The summed E-state index contributed by atoms with van der Waals surface area (Å²) < 4.78 is 7.06. The molecule has 19 heavy (non-hydrogen) atoms. The quantitative estimate of drug-likeness (QED) is 0.918. The minimum atomic E-state index is -0.551. The molecule has 1 aromatic heterocycles. The predicted octanol–water partition coefficient (Wildman–Crippen LogP) is 3.04. The Labute approximate surface area is 116 Å². The van der Waals surface area contributed by atoms with Crippen molar-refractivity contribution in [3.05, 3.63) is 35.1 Å². The van der Waals surface area contributed by atoms with Gasteiger partial charge in [-0.25, -0.2) is 4.98 Å². The number of aromatic nitrogens is 2. The van der Waals surface area contributed by atoms with E-state index in [4.69, 9.17) is 16.3 Å². The lowest BCUT2D eigenvalue weighted by Gasteiger charge is -2.23. The van der Waals surface area contributed by atoms with Crippen molar-refractivity contribution in [1.29, 1.82) is 0 Å². The highest BCUT2D eigenvalue weighted by molar-refractivity contribution is 6.30. The molecule has 3 rings (SSSR count). The second-order valence-electron chi connectivity index (χ2n) is 4.65. The van der Waals surface area contributed by atoms with Crippen molar-refractivity contribution in [2.75, 3.05) is 7.11 Å². The van der Waals surface area contributed by atoms with Gasteiger partial charge in [0.2, 0.25) is 0 Å². The number of fused-ring (bicyclic) bond motifs is 1. The molecule has 0 fully saturated rings. The Balaban J connectivity index is 2.15. The van der Waals surface area contributed by atoms with Crippen LogP contribution in [0.2, 0.25) is 5.15 Å². The molecule has 2 heterocycles. The minimum absolute atomic E-state index is 0.483. The number of benzene rings is 1. The fraction of sp³-hybridized carbons (Fsp3) is 0.357. The largest absolute Gasteiger partial charge is 0.497 e. The third-order valence-corrected chi connectivity index (χ3v) is 3.77. The van der Waals surface area contributed by atoms with Crippen molar-refractivity contribution in [2.45, 2.75) is 25.5 Å². The second kappa shape index (κ2) is 4.87. The number of aliphatic hydroxyl groups is 1. The minimum Gasteiger partial charge on any atom is -0.497 e. The Hall–Kier alpha value is -1.52. The zero-order valence-corrected chi connectivity index (χ0v) is 11.4. The van der Waals surface area contributed by atoms with Gasteiger partial charge in [0.1, 0.15) is 17.8 Å². The van der Waals surface area contributed by atoms with Gasteiger partial charge in [-0.2, -0.15) is 0 Å². The number of halogens is 1. The summed E-state index contributed by atoms with van der Waals surface area (Å²) in [4.78, 5) is 4.40. The van der Waals surface area contributed by atoms with Gasteiger partial charge < -0.3 is 14.4 Å². The van der Waals surface area contributed by atoms with Crippen molar-refractivity contribution in [3.63, 3.8) is 0 Å². The normalized spacial score (nSPS) is 18.2. The first-order chi connectivity index (χ1) is 9.20. The molecule has 0 bridgehead atoms. The standard InChI is InChI=1S/C14H15ClN2O2/c1-19-10-5-2-4-9(8-10)14-16-13(15)11-6-3-7-12(18)17(11)14/h2,4-5,8,12,18H,3,6-7H2,1H3. The van der Waals surface area contributed by atoms with Crippen molar-refractivity contribution in [3.8, 4) is 17.1 Å². The van der Waals surface area contributed by atoms with Crippen LogP contribution in [0.5, 0.6) is 5.75 Å². The molecule has 1 atom stereocenters. The van der Waals surface area contributed by atoms with Crippen molar-refractivity contribution >= 4 is 11.6 Å². The molecule has 0 amide bonds. The van der Waals surface area contributed by atoms with E-state index in [1.54, 1.807) is 7.11 Å². The molecule has 1 aliphatic heterocycles. The molecule has 0 saturated heterocycles. The van der Waals surface area contributed by atoms with E-state index in [9.17, 15) is 5.11 Å². The molecule has 0 spiro atoms. The van der Waals surface area contributed by atoms with E-state index < -0.39 is 6.23 Å². The van der Waals surface area contributed by atoms with E-state index in [1.165, 1.54) is 0 Å². The predicted molar refractivity (Wildman–Crippen MR) is 73.4 cm³/mol. The summed E-state index contributed by atoms with van der Waals surface area (Å²) in [5.41, 5.74) is 1.81. The first-order valence-electron chi connectivity index (χ1n) is 6.30. The molecule has 4 nitrogen and oxygen atoms in total. The van der Waals surface area contributed by atoms with Crippen LogP contribution in [0.15, 0.2) is 24.3 Å². The summed E-state index contributed by atoms with van der Waals surface area (Å²) >= 11 is 6.18. The third-order valence-electron chi connectivity index (χ3n) is 3.46. The zero-order valence-electron chi connectivity index (χ0n) is 10.6. The smallest absolute Gasteiger partial charge is 0.151 e. The molecule has 0 radical (unpaired) electrons. The van der Waals surface area contributed by atoms with Gasteiger partial charge in [0, 0.05) is 5.56 Å². The van der Waals surface area contributed by atoms with Gasteiger partial charge in [0.15, 0.2) is 5.15 Å². The Bertz CT molecular complexity index is 609. The highest BCUT2D eigenvalue weighted by Gasteiger charge is 2.25. The zero-order chi connectivity index (χ0) is 13.4. The maximum absolute atomic E-state index is 10.2. The lowest BCUT2D eigenvalue weighted by atomic mass is 10.1. The highest BCUT2D eigenvalue weighted by Crippen LogP contribution is 2.35. The molecule has 1 aliphatic rings. The van der Waals surface area contributed by atoms with Crippen LogP contribution in [-0.2, 0) is 6.42 Å². The lowest BCUT2D eigenvalue weighted by Crippen LogP contribution is -2.17. The number of methoxy groups -OCH3 is 1. The van der Waals surface area contributed by atoms with Crippen LogP contribution in [0.3, 0.4) is 0 Å². The second-order valence-corrected chi connectivity index (χ2v) is 5.01. The summed E-state index contributed by atoms with van der Waals surface area (Å²) in [7, 11) is 1.63.